The van der Waals surface area contributed by atoms with Crippen LogP contribution in [0.4, 0.5) is 5.13 Å². The van der Waals surface area contributed by atoms with Crippen molar-refractivity contribution in [3.8, 4) is 0 Å². The Kier molecular flexibility index (Phi) is 4.46. The fourth-order valence-corrected chi connectivity index (χ4v) is 3.38. The van der Waals surface area contributed by atoms with Crippen LogP contribution in [0.3, 0.4) is 0 Å². The van der Waals surface area contributed by atoms with E-state index in [9.17, 15) is 4.79 Å². The fraction of sp³-hybridized carbons (Fsp3) is 0.294. The molecule has 108 valence electrons. The minimum Gasteiger partial charge on any atom is -0.302 e. The molecule has 0 spiro atoms. The summed E-state index contributed by atoms with van der Waals surface area (Å²) in [6, 6.07) is 10.3. The maximum Gasteiger partial charge on any atom is 0.226 e. The number of hydrogen-bond acceptors (Lipinski definition) is 3. The number of nitrogens with zero attached hydrogens (tertiary/aromatic N) is 1. The van der Waals surface area contributed by atoms with E-state index in [4.69, 9.17) is 0 Å². The molecule has 1 aliphatic rings. The van der Waals surface area contributed by atoms with Crippen LogP contribution in [0.15, 0.2) is 48.7 Å². The monoisotopic (exact) mass is 298 g/mol. The van der Waals surface area contributed by atoms with E-state index in [1.165, 1.54) is 5.56 Å². The second kappa shape index (κ2) is 6.68. The number of allylic oxidation sites excluding steroid dienone is 2. The zero-order valence-corrected chi connectivity index (χ0v) is 12.6. The third kappa shape index (κ3) is 4.02. The lowest BCUT2D eigenvalue weighted by atomic mass is 10.1. The van der Waals surface area contributed by atoms with Crippen molar-refractivity contribution in [3.63, 3.8) is 0 Å². The van der Waals surface area contributed by atoms with E-state index in [0.29, 0.717) is 17.5 Å². The van der Waals surface area contributed by atoms with Crippen LogP contribution in [0.1, 0.15) is 29.7 Å². The molecule has 0 aliphatic heterocycles. The number of hydrogen-bond donors (Lipinski definition) is 1. The van der Waals surface area contributed by atoms with Gasteiger partial charge in [0.15, 0.2) is 5.13 Å². The summed E-state index contributed by atoms with van der Waals surface area (Å²) in [4.78, 5) is 17.4. The number of anilines is 1. The Bertz CT molecular complexity index is 633. The summed E-state index contributed by atoms with van der Waals surface area (Å²) >= 11 is 1.55. The van der Waals surface area contributed by atoms with E-state index in [1.54, 1.807) is 11.3 Å². The summed E-state index contributed by atoms with van der Waals surface area (Å²) in [6.45, 7) is 0. The van der Waals surface area contributed by atoms with Crippen molar-refractivity contribution in [2.75, 3.05) is 5.32 Å². The van der Waals surface area contributed by atoms with E-state index in [0.717, 1.165) is 24.1 Å². The van der Waals surface area contributed by atoms with Gasteiger partial charge in [0.1, 0.15) is 0 Å². The molecule has 1 unspecified atom stereocenters. The smallest absolute Gasteiger partial charge is 0.226 e. The predicted octanol–water partition coefficient (Wildman–Crippen LogP) is 4.03. The van der Waals surface area contributed by atoms with E-state index in [2.05, 4.69) is 34.6 Å². The van der Waals surface area contributed by atoms with Crippen molar-refractivity contribution in [1.82, 2.24) is 4.98 Å². The highest BCUT2D eigenvalue weighted by molar-refractivity contribution is 7.15. The molecule has 0 saturated heterocycles. The number of aromatic nitrogens is 1. The van der Waals surface area contributed by atoms with Gasteiger partial charge >= 0.3 is 0 Å². The van der Waals surface area contributed by atoms with Gasteiger partial charge in [0.05, 0.1) is 0 Å². The van der Waals surface area contributed by atoms with Crippen LogP contribution in [0.2, 0.25) is 0 Å². The average molecular weight is 298 g/mol. The van der Waals surface area contributed by atoms with Gasteiger partial charge in [-0.2, -0.15) is 0 Å². The van der Waals surface area contributed by atoms with E-state index < -0.39 is 0 Å². The van der Waals surface area contributed by atoms with Crippen molar-refractivity contribution in [2.45, 2.75) is 25.7 Å². The van der Waals surface area contributed by atoms with Crippen LogP contribution in [0.25, 0.3) is 0 Å². The second-order valence-electron chi connectivity index (χ2n) is 5.31. The molecule has 3 rings (SSSR count). The van der Waals surface area contributed by atoms with Crippen molar-refractivity contribution >= 4 is 22.4 Å². The Morgan fingerprint density at radius 2 is 2.19 bits per heavy atom. The maximum atomic E-state index is 12.0. The fourth-order valence-electron chi connectivity index (χ4n) is 2.52. The Morgan fingerprint density at radius 1 is 1.33 bits per heavy atom. The molecule has 1 aromatic carbocycles. The number of carbonyl (C=O) groups excluding carboxylic acids is 1. The first-order chi connectivity index (χ1) is 10.3. The van der Waals surface area contributed by atoms with E-state index >= 15 is 0 Å². The molecule has 1 aromatic heterocycles. The molecular formula is C17H18N2OS. The lowest BCUT2D eigenvalue weighted by Gasteiger charge is -2.06. The highest BCUT2D eigenvalue weighted by Crippen LogP contribution is 2.23. The van der Waals surface area contributed by atoms with Gasteiger partial charge in [-0.3, -0.25) is 4.79 Å². The topological polar surface area (TPSA) is 42.0 Å². The quantitative estimate of drug-likeness (QED) is 0.847. The molecule has 1 amide bonds. The first-order valence-electron chi connectivity index (χ1n) is 7.25. The third-order valence-corrected chi connectivity index (χ3v) is 4.49. The summed E-state index contributed by atoms with van der Waals surface area (Å²) in [5.74, 6) is 0.459. The van der Waals surface area contributed by atoms with Crippen molar-refractivity contribution in [2.24, 2.45) is 5.92 Å². The minimum atomic E-state index is 0.0622. The molecule has 1 N–H and O–H groups in total. The number of benzene rings is 1. The third-order valence-electron chi connectivity index (χ3n) is 3.58. The summed E-state index contributed by atoms with van der Waals surface area (Å²) < 4.78 is 0. The lowest BCUT2D eigenvalue weighted by Crippen LogP contribution is -2.14. The minimum absolute atomic E-state index is 0.0622. The van der Waals surface area contributed by atoms with Gasteiger partial charge in [0.2, 0.25) is 5.91 Å². The van der Waals surface area contributed by atoms with Gasteiger partial charge in [-0.25, -0.2) is 4.98 Å². The molecule has 2 aromatic rings. The first kappa shape index (κ1) is 14.0. The van der Waals surface area contributed by atoms with Crippen LogP contribution in [-0.4, -0.2) is 10.9 Å². The number of nitrogens with one attached hydrogen (secondary N) is 1. The van der Waals surface area contributed by atoms with Crippen molar-refractivity contribution in [1.29, 1.82) is 0 Å². The Labute approximate surface area is 128 Å². The van der Waals surface area contributed by atoms with Gasteiger partial charge in [-0.05, 0) is 24.3 Å². The molecule has 0 saturated carbocycles. The van der Waals surface area contributed by atoms with Gasteiger partial charge in [0, 0.05) is 23.9 Å². The molecule has 21 heavy (non-hydrogen) atoms. The highest BCUT2D eigenvalue weighted by atomic mass is 32.1. The van der Waals surface area contributed by atoms with Gasteiger partial charge in [0.25, 0.3) is 0 Å². The SMILES string of the molecule is O=C(CC1C=CCC1)Nc1ncc(Cc2ccccc2)s1. The zero-order chi connectivity index (χ0) is 14.5. The Morgan fingerprint density at radius 3 is 2.95 bits per heavy atom. The van der Waals surface area contributed by atoms with E-state index in [-0.39, 0.29) is 5.91 Å². The molecule has 3 nitrogen and oxygen atoms in total. The Hall–Kier alpha value is -1.94. The number of amides is 1. The molecule has 1 heterocycles. The van der Waals surface area contributed by atoms with Crippen LogP contribution in [0.5, 0.6) is 0 Å². The van der Waals surface area contributed by atoms with Crippen LogP contribution >= 0.6 is 11.3 Å². The number of rotatable bonds is 5. The lowest BCUT2D eigenvalue weighted by molar-refractivity contribution is -0.116. The zero-order valence-electron chi connectivity index (χ0n) is 11.8. The molecule has 1 atom stereocenters. The standard InChI is InChI=1S/C17H18N2OS/c20-16(11-14-8-4-5-9-14)19-17-18-12-15(21-17)10-13-6-2-1-3-7-13/h1-4,6-8,12,14H,5,9-11H2,(H,18,19,20). The first-order valence-corrected chi connectivity index (χ1v) is 8.06. The summed E-state index contributed by atoms with van der Waals surface area (Å²) in [6.07, 6.45) is 9.75. The normalized spacial score (nSPS) is 17.0. The highest BCUT2D eigenvalue weighted by Gasteiger charge is 2.15. The van der Waals surface area contributed by atoms with Crippen LogP contribution < -0.4 is 5.32 Å². The Balaban J connectivity index is 1.55. The number of thiazole rings is 1. The van der Waals surface area contributed by atoms with Crippen molar-refractivity contribution in [3.05, 3.63) is 59.1 Å². The van der Waals surface area contributed by atoms with Crippen molar-refractivity contribution < 1.29 is 4.79 Å². The summed E-state index contributed by atoms with van der Waals surface area (Å²) in [7, 11) is 0. The van der Waals surface area contributed by atoms with Gasteiger partial charge in [-0.1, -0.05) is 42.5 Å². The van der Waals surface area contributed by atoms with Crippen LogP contribution in [-0.2, 0) is 11.2 Å². The molecule has 0 fully saturated rings. The molecular weight excluding hydrogens is 280 g/mol. The molecule has 1 aliphatic carbocycles. The van der Waals surface area contributed by atoms with Crippen LogP contribution in [0, 0.1) is 5.92 Å². The maximum absolute atomic E-state index is 12.0. The molecule has 0 radical (unpaired) electrons. The largest absolute Gasteiger partial charge is 0.302 e. The number of carbonyl (C=O) groups is 1. The molecule has 4 heteroatoms. The average Bonchev–Trinajstić information content (AvgIpc) is 3.12. The van der Waals surface area contributed by atoms with Gasteiger partial charge in [-0.15, -0.1) is 11.3 Å². The predicted molar refractivity (Wildman–Crippen MR) is 86.5 cm³/mol. The summed E-state index contributed by atoms with van der Waals surface area (Å²) in [5.41, 5.74) is 1.26. The van der Waals surface area contributed by atoms with Gasteiger partial charge < -0.3 is 5.32 Å². The van der Waals surface area contributed by atoms with E-state index in [1.807, 2.05) is 24.4 Å². The second-order valence-corrected chi connectivity index (χ2v) is 6.43. The molecule has 0 bridgehead atoms. The summed E-state index contributed by atoms with van der Waals surface area (Å²) in [5, 5.41) is 3.61.